The number of esters is 1. The predicted octanol–water partition coefficient (Wildman–Crippen LogP) is 4.79. The van der Waals surface area contributed by atoms with Crippen LogP contribution in [0, 0.1) is 0 Å². The SMILES string of the molecule is COc1cccc(OC)c1C(=O)OCC(=O)c1ccc(C2CCCCC2)cc1. The second kappa shape index (κ2) is 9.40. The first-order chi connectivity index (χ1) is 13.6. The van der Waals surface area contributed by atoms with E-state index in [9.17, 15) is 9.59 Å². The molecule has 0 unspecified atom stereocenters. The Hall–Kier alpha value is -2.82. The van der Waals surface area contributed by atoms with Crippen LogP contribution in [-0.2, 0) is 4.74 Å². The van der Waals surface area contributed by atoms with Crippen LogP contribution in [0.3, 0.4) is 0 Å². The zero-order valence-electron chi connectivity index (χ0n) is 16.4. The molecule has 5 nitrogen and oxygen atoms in total. The molecular formula is C23H26O5. The molecule has 3 rings (SSSR count). The van der Waals surface area contributed by atoms with E-state index in [0.29, 0.717) is 23.0 Å². The van der Waals surface area contributed by atoms with Crippen LogP contribution in [0.25, 0.3) is 0 Å². The molecule has 5 heteroatoms. The Labute approximate surface area is 165 Å². The van der Waals surface area contributed by atoms with Gasteiger partial charge in [-0.2, -0.15) is 0 Å². The lowest BCUT2D eigenvalue weighted by Gasteiger charge is -2.22. The van der Waals surface area contributed by atoms with Crippen molar-refractivity contribution in [1.82, 2.24) is 0 Å². The molecule has 0 amide bonds. The minimum absolute atomic E-state index is 0.174. The fourth-order valence-corrected chi connectivity index (χ4v) is 3.72. The van der Waals surface area contributed by atoms with Crippen molar-refractivity contribution < 1.29 is 23.8 Å². The first kappa shape index (κ1) is 19.9. The average molecular weight is 382 g/mol. The number of ether oxygens (including phenoxy) is 3. The van der Waals surface area contributed by atoms with E-state index >= 15 is 0 Å². The number of benzene rings is 2. The summed E-state index contributed by atoms with van der Waals surface area (Å²) in [4.78, 5) is 24.9. The Morgan fingerprint density at radius 3 is 2.07 bits per heavy atom. The fourth-order valence-electron chi connectivity index (χ4n) is 3.72. The third-order valence-electron chi connectivity index (χ3n) is 5.28. The molecule has 1 aliphatic carbocycles. The average Bonchev–Trinajstić information content (AvgIpc) is 2.77. The Balaban J connectivity index is 1.63. The number of Topliss-reactive ketones (excluding diaryl/α,β-unsaturated/α-hetero) is 1. The fraction of sp³-hybridized carbons (Fsp3) is 0.391. The van der Waals surface area contributed by atoms with Crippen molar-refractivity contribution in [2.24, 2.45) is 0 Å². The summed E-state index contributed by atoms with van der Waals surface area (Å²) < 4.78 is 15.6. The molecule has 1 saturated carbocycles. The van der Waals surface area contributed by atoms with E-state index in [2.05, 4.69) is 0 Å². The van der Waals surface area contributed by atoms with Gasteiger partial charge in [-0.05, 0) is 36.5 Å². The first-order valence-corrected chi connectivity index (χ1v) is 9.65. The maximum Gasteiger partial charge on any atom is 0.346 e. The van der Waals surface area contributed by atoms with Crippen LogP contribution < -0.4 is 9.47 Å². The van der Waals surface area contributed by atoms with Crippen LogP contribution in [-0.4, -0.2) is 32.6 Å². The van der Waals surface area contributed by atoms with Crippen LogP contribution in [0.4, 0.5) is 0 Å². The minimum Gasteiger partial charge on any atom is -0.496 e. The van der Waals surface area contributed by atoms with Gasteiger partial charge in [-0.3, -0.25) is 4.79 Å². The number of hydrogen-bond donors (Lipinski definition) is 0. The van der Waals surface area contributed by atoms with Crippen LogP contribution >= 0.6 is 0 Å². The molecule has 0 saturated heterocycles. The van der Waals surface area contributed by atoms with Gasteiger partial charge in [0.05, 0.1) is 14.2 Å². The molecule has 0 radical (unpaired) electrons. The Morgan fingerprint density at radius 1 is 0.893 bits per heavy atom. The molecule has 1 aliphatic rings. The van der Waals surface area contributed by atoms with Crippen molar-refractivity contribution >= 4 is 11.8 Å². The molecular weight excluding hydrogens is 356 g/mol. The second-order valence-corrected chi connectivity index (χ2v) is 6.99. The van der Waals surface area contributed by atoms with E-state index in [1.165, 1.54) is 51.9 Å². The van der Waals surface area contributed by atoms with Gasteiger partial charge in [0, 0.05) is 5.56 Å². The van der Waals surface area contributed by atoms with Gasteiger partial charge in [0.1, 0.15) is 17.1 Å². The lowest BCUT2D eigenvalue weighted by molar-refractivity contribution is 0.0468. The first-order valence-electron chi connectivity index (χ1n) is 9.65. The summed E-state index contributed by atoms with van der Waals surface area (Å²) in [6, 6.07) is 12.7. The smallest absolute Gasteiger partial charge is 0.346 e. The number of ketones is 1. The van der Waals surface area contributed by atoms with Gasteiger partial charge in [0.25, 0.3) is 0 Å². The number of rotatable bonds is 7. The third kappa shape index (κ3) is 4.53. The normalized spacial score (nSPS) is 14.4. The summed E-state index contributed by atoms with van der Waals surface area (Å²) in [6.07, 6.45) is 6.29. The summed E-state index contributed by atoms with van der Waals surface area (Å²) in [5.74, 6) is 0.384. The molecule has 28 heavy (non-hydrogen) atoms. The predicted molar refractivity (Wildman–Crippen MR) is 106 cm³/mol. The van der Waals surface area contributed by atoms with Gasteiger partial charge < -0.3 is 14.2 Å². The van der Waals surface area contributed by atoms with Crippen molar-refractivity contribution in [3.05, 3.63) is 59.2 Å². The van der Waals surface area contributed by atoms with Gasteiger partial charge in [-0.1, -0.05) is 49.6 Å². The Bertz CT molecular complexity index is 797. The lowest BCUT2D eigenvalue weighted by atomic mass is 9.84. The van der Waals surface area contributed by atoms with Gasteiger partial charge >= 0.3 is 5.97 Å². The molecule has 2 aromatic rings. The lowest BCUT2D eigenvalue weighted by Crippen LogP contribution is -2.16. The second-order valence-electron chi connectivity index (χ2n) is 6.99. The van der Waals surface area contributed by atoms with Gasteiger partial charge in [0.2, 0.25) is 0 Å². The molecule has 2 aromatic carbocycles. The number of carbonyl (C=O) groups excluding carboxylic acids is 2. The molecule has 0 heterocycles. The van der Waals surface area contributed by atoms with Gasteiger partial charge in [0.15, 0.2) is 12.4 Å². The highest BCUT2D eigenvalue weighted by Gasteiger charge is 2.21. The molecule has 148 valence electrons. The van der Waals surface area contributed by atoms with Crippen LogP contribution in [0.15, 0.2) is 42.5 Å². The summed E-state index contributed by atoms with van der Waals surface area (Å²) >= 11 is 0. The highest BCUT2D eigenvalue weighted by molar-refractivity contribution is 6.01. The number of methoxy groups -OCH3 is 2. The third-order valence-corrected chi connectivity index (χ3v) is 5.28. The van der Waals surface area contributed by atoms with E-state index < -0.39 is 5.97 Å². The topological polar surface area (TPSA) is 61.8 Å². The molecule has 0 atom stereocenters. The summed E-state index contributed by atoms with van der Waals surface area (Å²) in [5.41, 5.74) is 2.00. The zero-order chi connectivity index (χ0) is 19.9. The van der Waals surface area contributed by atoms with E-state index in [1.54, 1.807) is 18.2 Å². The largest absolute Gasteiger partial charge is 0.496 e. The summed E-state index contributed by atoms with van der Waals surface area (Å²) in [5, 5.41) is 0. The monoisotopic (exact) mass is 382 g/mol. The van der Waals surface area contributed by atoms with Crippen molar-refractivity contribution in [3.63, 3.8) is 0 Å². The molecule has 0 spiro atoms. The van der Waals surface area contributed by atoms with E-state index in [4.69, 9.17) is 14.2 Å². The molecule has 0 N–H and O–H groups in total. The van der Waals surface area contributed by atoms with Crippen LogP contribution in [0.1, 0.15) is 64.3 Å². The molecule has 1 fully saturated rings. The van der Waals surface area contributed by atoms with Crippen molar-refractivity contribution in [2.45, 2.75) is 38.0 Å². The minimum atomic E-state index is -0.651. The highest BCUT2D eigenvalue weighted by Crippen LogP contribution is 2.32. The Morgan fingerprint density at radius 2 is 1.50 bits per heavy atom. The highest BCUT2D eigenvalue weighted by atomic mass is 16.5. The van der Waals surface area contributed by atoms with Crippen LogP contribution in [0.5, 0.6) is 11.5 Å². The zero-order valence-corrected chi connectivity index (χ0v) is 16.4. The van der Waals surface area contributed by atoms with Gasteiger partial charge in [-0.25, -0.2) is 4.79 Å². The number of hydrogen-bond acceptors (Lipinski definition) is 5. The molecule has 0 bridgehead atoms. The van der Waals surface area contributed by atoms with E-state index in [0.717, 1.165) is 0 Å². The van der Waals surface area contributed by atoms with Crippen molar-refractivity contribution in [1.29, 1.82) is 0 Å². The molecule has 0 aliphatic heterocycles. The molecule has 0 aromatic heterocycles. The van der Waals surface area contributed by atoms with Crippen LogP contribution in [0.2, 0.25) is 0 Å². The number of carbonyl (C=O) groups is 2. The summed E-state index contributed by atoms with van der Waals surface area (Å²) in [6.45, 7) is -0.331. The van der Waals surface area contributed by atoms with Gasteiger partial charge in [-0.15, -0.1) is 0 Å². The Kier molecular flexibility index (Phi) is 6.69. The van der Waals surface area contributed by atoms with Crippen molar-refractivity contribution in [2.75, 3.05) is 20.8 Å². The standard InChI is InChI=1S/C23H26O5/c1-26-20-9-6-10-21(27-2)22(20)23(25)28-15-19(24)18-13-11-17(12-14-18)16-7-4-3-5-8-16/h6,9-14,16H,3-5,7-8,15H2,1-2H3. The maximum atomic E-state index is 12.5. The quantitative estimate of drug-likeness (QED) is 0.509. The van der Waals surface area contributed by atoms with E-state index in [-0.39, 0.29) is 18.0 Å². The van der Waals surface area contributed by atoms with Crippen molar-refractivity contribution in [3.8, 4) is 11.5 Å². The van der Waals surface area contributed by atoms with E-state index in [1.807, 2.05) is 24.3 Å². The summed E-state index contributed by atoms with van der Waals surface area (Å²) in [7, 11) is 2.93. The maximum absolute atomic E-state index is 12.5.